The Morgan fingerprint density at radius 3 is 2.48 bits per heavy atom. The van der Waals surface area contributed by atoms with Gasteiger partial charge in [-0.3, -0.25) is 14.5 Å². The highest BCUT2D eigenvalue weighted by Gasteiger charge is 2.51. The maximum atomic E-state index is 13.6. The number of carbonyl (C=O) groups is 2. The van der Waals surface area contributed by atoms with E-state index in [-0.39, 0.29) is 19.1 Å². The highest BCUT2D eigenvalue weighted by molar-refractivity contribution is 7.88. The van der Waals surface area contributed by atoms with Crippen LogP contribution in [0.15, 0.2) is 18.2 Å². The lowest BCUT2D eigenvalue weighted by Crippen LogP contribution is -2.70. The first-order chi connectivity index (χ1) is 13.5. The normalized spacial score (nSPS) is 24.6. The second-order valence-corrected chi connectivity index (χ2v) is 10.3. The number of rotatable bonds is 4. The van der Waals surface area contributed by atoms with Gasteiger partial charge in [-0.25, -0.2) is 12.8 Å². The fourth-order valence-corrected chi connectivity index (χ4v) is 5.06. The monoisotopic (exact) mass is 425 g/mol. The Morgan fingerprint density at radius 2 is 1.90 bits per heavy atom. The third-order valence-electron chi connectivity index (χ3n) is 5.84. The number of hydrogen-bond donors (Lipinski definition) is 1. The van der Waals surface area contributed by atoms with Crippen molar-refractivity contribution in [1.82, 2.24) is 9.62 Å². The Bertz CT molecular complexity index is 914. The summed E-state index contributed by atoms with van der Waals surface area (Å²) >= 11 is 0. The zero-order valence-electron chi connectivity index (χ0n) is 17.1. The first-order valence-corrected chi connectivity index (χ1v) is 11.7. The van der Waals surface area contributed by atoms with Crippen LogP contribution in [-0.4, -0.2) is 55.5 Å². The van der Waals surface area contributed by atoms with Crippen molar-refractivity contribution in [3.8, 4) is 0 Å². The van der Waals surface area contributed by atoms with E-state index in [1.54, 1.807) is 13.8 Å². The van der Waals surface area contributed by atoms with E-state index in [0.717, 1.165) is 42.7 Å². The van der Waals surface area contributed by atoms with Crippen molar-refractivity contribution in [2.75, 3.05) is 24.2 Å². The molecule has 0 bridgehead atoms. The minimum absolute atomic E-state index is 0.00736. The molecule has 0 unspecified atom stereocenters. The van der Waals surface area contributed by atoms with Crippen molar-refractivity contribution in [2.45, 2.75) is 57.5 Å². The van der Waals surface area contributed by atoms with E-state index in [4.69, 9.17) is 0 Å². The number of carbonyl (C=O) groups excluding carboxylic acids is 2. The van der Waals surface area contributed by atoms with Gasteiger partial charge in [-0.1, -0.05) is 19.3 Å². The Balaban J connectivity index is 2.01. The summed E-state index contributed by atoms with van der Waals surface area (Å²) < 4.78 is 39.0. The predicted octanol–water partition coefficient (Wildman–Crippen LogP) is 1.95. The molecule has 0 radical (unpaired) electrons. The lowest BCUT2D eigenvalue weighted by atomic mass is 9.91. The molecule has 160 valence electrons. The topological polar surface area (TPSA) is 86.8 Å². The molecule has 1 aliphatic carbocycles. The van der Waals surface area contributed by atoms with Crippen LogP contribution in [0, 0.1) is 12.7 Å². The van der Waals surface area contributed by atoms with Crippen molar-refractivity contribution in [2.24, 2.45) is 0 Å². The smallest absolute Gasteiger partial charge is 0.247 e. The molecule has 1 saturated heterocycles. The maximum Gasteiger partial charge on any atom is 0.247 e. The van der Waals surface area contributed by atoms with E-state index >= 15 is 0 Å². The third-order valence-corrected chi connectivity index (χ3v) is 7.03. The van der Waals surface area contributed by atoms with Crippen LogP contribution in [0.5, 0.6) is 0 Å². The minimum atomic E-state index is -3.67. The molecule has 2 aliphatic rings. The lowest BCUT2D eigenvalue weighted by molar-refractivity contribution is -0.133. The van der Waals surface area contributed by atoms with Crippen LogP contribution < -0.4 is 10.2 Å². The molecule has 1 heterocycles. The minimum Gasteiger partial charge on any atom is -0.351 e. The third kappa shape index (κ3) is 4.45. The number of piperazine rings is 1. The zero-order valence-corrected chi connectivity index (χ0v) is 17.9. The van der Waals surface area contributed by atoms with Crippen LogP contribution >= 0.6 is 0 Å². The van der Waals surface area contributed by atoms with E-state index in [1.807, 2.05) is 0 Å². The Morgan fingerprint density at radius 1 is 1.24 bits per heavy atom. The van der Waals surface area contributed by atoms with Crippen LogP contribution in [0.2, 0.25) is 0 Å². The molecule has 2 fully saturated rings. The number of halogens is 1. The SMILES string of the molecule is Cc1cc(F)ccc1N1C(=O)CN(S(C)(=O)=O)C[C@@]1(C)C(=O)NC1CCCCC1. The standard InChI is InChI=1S/C20H28FN3O4S/c1-14-11-15(21)9-10-17(14)24-18(25)12-23(29(3,27)28)13-20(24,2)19(26)22-16-7-5-4-6-8-16/h9-11,16H,4-8,12-13H2,1-3H3,(H,22,26)/t20-/m0/s1. The number of hydrogen-bond acceptors (Lipinski definition) is 4. The largest absolute Gasteiger partial charge is 0.351 e. The van der Waals surface area contributed by atoms with Gasteiger partial charge in [0, 0.05) is 18.3 Å². The van der Waals surface area contributed by atoms with Crippen LogP contribution in [0.3, 0.4) is 0 Å². The summed E-state index contributed by atoms with van der Waals surface area (Å²) in [6, 6.07) is 4.00. The van der Waals surface area contributed by atoms with Crippen LogP contribution in [0.25, 0.3) is 0 Å². The van der Waals surface area contributed by atoms with Gasteiger partial charge >= 0.3 is 0 Å². The zero-order chi connectivity index (χ0) is 21.4. The summed E-state index contributed by atoms with van der Waals surface area (Å²) in [5.74, 6) is -1.35. The van der Waals surface area contributed by atoms with E-state index < -0.39 is 33.2 Å². The first-order valence-electron chi connectivity index (χ1n) is 9.87. The van der Waals surface area contributed by atoms with Gasteiger partial charge in [0.2, 0.25) is 21.8 Å². The molecule has 1 atom stereocenters. The van der Waals surface area contributed by atoms with Gasteiger partial charge in [-0.15, -0.1) is 0 Å². The van der Waals surface area contributed by atoms with E-state index in [9.17, 15) is 22.4 Å². The molecule has 9 heteroatoms. The van der Waals surface area contributed by atoms with Gasteiger partial charge in [-0.2, -0.15) is 4.31 Å². The van der Waals surface area contributed by atoms with Crippen LogP contribution in [-0.2, 0) is 19.6 Å². The van der Waals surface area contributed by atoms with Crippen LogP contribution in [0.1, 0.15) is 44.6 Å². The van der Waals surface area contributed by atoms with E-state index in [2.05, 4.69) is 5.32 Å². The van der Waals surface area contributed by atoms with E-state index in [0.29, 0.717) is 11.3 Å². The van der Waals surface area contributed by atoms with Crippen molar-refractivity contribution in [1.29, 1.82) is 0 Å². The molecule has 0 spiro atoms. The van der Waals surface area contributed by atoms with Gasteiger partial charge in [0.25, 0.3) is 0 Å². The molecule has 3 rings (SSSR count). The molecule has 2 amide bonds. The van der Waals surface area contributed by atoms with Crippen molar-refractivity contribution in [3.63, 3.8) is 0 Å². The molecule has 7 nitrogen and oxygen atoms in total. The van der Waals surface area contributed by atoms with Crippen molar-refractivity contribution in [3.05, 3.63) is 29.6 Å². The van der Waals surface area contributed by atoms with Gasteiger partial charge in [0.05, 0.1) is 12.8 Å². The van der Waals surface area contributed by atoms with Gasteiger partial charge in [-0.05, 0) is 50.5 Å². The highest BCUT2D eigenvalue weighted by Crippen LogP contribution is 2.33. The molecule has 1 aromatic carbocycles. The summed E-state index contributed by atoms with van der Waals surface area (Å²) in [4.78, 5) is 27.7. The molecular weight excluding hydrogens is 397 g/mol. The van der Waals surface area contributed by atoms with Crippen molar-refractivity contribution < 1.29 is 22.4 Å². The van der Waals surface area contributed by atoms with Gasteiger partial charge in [0.1, 0.15) is 11.4 Å². The summed E-state index contributed by atoms with van der Waals surface area (Å²) in [5.41, 5.74) is -0.535. The molecular formula is C20H28FN3O4S. The average molecular weight is 426 g/mol. The molecule has 1 saturated carbocycles. The maximum absolute atomic E-state index is 13.6. The Hall–Kier alpha value is -2.00. The summed E-state index contributed by atoms with van der Waals surface area (Å²) in [5, 5.41) is 3.02. The lowest BCUT2D eigenvalue weighted by Gasteiger charge is -2.47. The fraction of sp³-hybridized carbons (Fsp3) is 0.600. The van der Waals surface area contributed by atoms with Crippen molar-refractivity contribution >= 4 is 27.5 Å². The number of nitrogens with one attached hydrogen (secondary N) is 1. The molecule has 1 N–H and O–H groups in total. The second-order valence-electron chi connectivity index (χ2n) is 8.27. The molecule has 1 aromatic rings. The number of nitrogens with zero attached hydrogens (tertiary/aromatic N) is 2. The summed E-state index contributed by atoms with van der Waals surface area (Å²) in [6.45, 7) is 2.71. The van der Waals surface area contributed by atoms with Gasteiger partial charge < -0.3 is 5.32 Å². The number of amides is 2. The van der Waals surface area contributed by atoms with E-state index in [1.165, 1.54) is 23.1 Å². The second kappa shape index (κ2) is 8.02. The number of sulfonamides is 1. The summed E-state index contributed by atoms with van der Waals surface area (Å²) in [7, 11) is -3.67. The Kier molecular flexibility index (Phi) is 6.01. The number of benzene rings is 1. The van der Waals surface area contributed by atoms with Crippen LogP contribution in [0.4, 0.5) is 10.1 Å². The summed E-state index contributed by atoms with van der Waals surface area (Å²) in [6.07, 6.45) is 5.93. The quantitative estimate of drug-likeness (QED) is 0.799. The average Bonchev–Trinajstić information content (AvgIpc) is 2.63. The molecule has 29 heavy (non-hydrogen) atoms. The van der Waals surface area contributed by atoms with Gasteiger partial charge in [0.15, 0.2) is 0 Å². The fourth-order valence-electron chi connectivity index (χ4n) is 4.23. The first kappa shape index (κ1) is 21.7. The molecule has 0 aromatic heterocycles. The predicted molar refractivity (Wildman–Crippen MR) is 108 cm³/mol. The molecule has 1 aliphatic heterocycles. The number of aryl methyl sites for hydroxylation is 1. The highest BCUT2D eigenvalue weighted by atomic mass is 32.2. The number of anilines is 1. The Labute approximate surface area is 171 Å².